The van der Waals surface area contributed by atoms with Crippen LogP contribution in [0.3, 0.4) is 0 Å². The van der Waals surface area contributed by atoms with Crippen molar-refractivity contribution in [3.8, 4) is 0 Å². The third-order valence-electron chi connectivity index (χ3n) is 5.79. The van der Waals surface area contributed by atoms with Gasteiger partial charge in [-0.25, -0.2) is 4.79 Å². The van der Waals surface area contributed by atoms with Crippen LogP contribution in [0.5, 0.6) is 0 Å². The first-order valence-corrected chi connectivity index (χ1v) is 11.7. The van der Waals surface area contributed by atoms with Crippen molar-refractivity contribution in [2.75, 3.05) is 0 Å². The van der Waals surface area contributed by atoms with E-state index in [2.05, 4.69) is 20.9 Å². The van der Waals surface area contributed by atoms with E-state index in [1.807, 2.05) is 18.2 Å². The van der Waals surface area contributed by atoms with Crippen LogP contribution in [0.15, 0.2) is 30.5 Å². The van der Waals surface area contributed by atoms with Crippen LogP contribution in [-0.2, 0) is 30.4 Å². The van der Waals surface area contributed by atoms with Crippen LogP contribution in [-0.4, -0.2) is 80.2 Å². The highest BCUT2D eigenvalue weighted by molar-refractivity contribution is 5.96. The number of aliphatic hydroxyl groups excluding tert-OH is 1. The number of H-pyrrole nitrogens is 1. The summed E-state index contributed by atoms with van der Waals surface area (Å²) in [6.45, 7) is 4.47. The number of nitrogens with two attached hydrogens (primary N) is 1. The van der Waals surface area contributed by atoms with Crippen molar-refractivity contribution >= 4 is 40.6 Å². The van der Waals surface area contributed by atoms with Crippen molar-refractivity contribution in [1.82, 2.24) is 20.9 Å². The van der Waals surface area contributed by atoms with Gasteiger partial charge >= 0.3 is 11.9 Å². The summed E-state index contributed by atoms with van der Waals surface area (Å²) in [6.07, 6.45) is -0.438. The molecule has 0 bridgehead atoms. The average molecular weight is 520 g/mol. The Hall–Kier alpha value is -3.97. The topological polar surface area (TPSA) is 224 Å². The maximum absolute atomic E-state index is 13.0. The molecule has 202 valence electrons. The molecule has 0 aliphatic heterocycles. The maximum Gasteiger partial charge on any atom is 0.326 e. The van der Waals surface area contributed by atoms with Crippen LogP contribution in [0.25, 0.3) is 10.9 Å². The van der Waals surface area contributed by atoms with Crippen LogP contribution in [0, 0.1) is 5.92 Å². The third kappa shape index (κ3) is 8.02. The van der Waals surface area contributed by atoms with Crippen molar-refractivity contribution in [3.63, 3.8) is 0 Å². The molecular weight excluding hydrogens is 486 g/mol. The highest BCUT2D eigenvalue weighted by atomic mass is 16.4. The number of rotatable bonds is 13. The summed E-state index contributed by atoms with van der Waals surface area (Å²) >= 11 is 0. The number of aromatic nitrogens is 1. The summed E-state index contributed by atoms with van der Waals surface area (Å²) in [7, 11) is 0. The Morgan fingerprint density at radius 3 is 2.11 bits per heavy atom. The highest BCUT2D eigenvalue weighted by Gasteiger charge is 2.33. The van der Waals surface area contributed by atoms with Gasteiger partial charge in [-0.2, -0.15) is 0 Å². The predicted octanol–water partition coefficient (Wildman–Crippen LogP) is -0.912. The maximum atomic E-state index is 13.0. The van der Waals surface area contributed by atoms with Gasteiger partial charge in [0.1, 0.15) is 24.2 Å². The number of hydrogen-bond donors (Lipinski definition) is 8. The minimum Gasteiger partial charge on any atom is -0.481 e. The minimum absolute atomic E-state index is 0.0290. The second-order valence-corrected chi connectivity index (χ2v) is 9.12. The lowest BCUT2D eigenvalue weighted by atomic mass is 10.0. The Morgan fingerprint density at radius 1 is 0.919 bits per heavy atom. The lowest BCUT2D eigenvalue weighted by Crippen LogP contribution is -2.59. The SMILES string of the molecule is CC(C)C(NC(=O)C(CC(=O)O)NC(=O)C(N)C(C)O)C(=O)NC(Cc1c[nH]c2ccccc12)C(=O)O. The zero-order chi connectivity index (χ0) is 27.9. The lowest BCUT2D eigenvalue weighted by Gasteiger charge is -2.27. The van der Waals surface area contributed by atoms with Crippen molar-refractivity contribution in [1.29, 1.82) is 0 Å². The quantitative estimate of drug-likeness (QED) is 0.164. The fourth-order valence-electron chi connectivity index (χ4n) is 3.64. The molecule has 2 rings (SSSR count). The van der Waals surface area contributed by atoms with Gasteiger partial charge in [-0.3, -0.25) is 19.2 Å². The molecule has 13 nitrogen and oxygen atoms in total. The molecule has 37 heavy (non-hydrogen) atoms. The van der Waals surface area contributed by atoms with Gasteiger partial charge in [0.2, 0.25) is 17.7 Å². The molecule has 9 N–H and O–H groups in total. The fraction of sp³-hybridized carbons (Fsp3) is 0.458. The molecule has 5 unspecified atom stereocenters. The number of hydrogen-bond acceptors (Lipinski definition) is 7. The zero-order valence-electron chi connectivity index (χ0n) is 20.7. The minimum atomic E-state index is -1.59. The summed E-state index contributed by atoms with van der Waals surface area (Å²) in [4.78, 5) is 64.3. The van der Waals surface area contributed by atoms with E-state index < -0.39 is 72.3 Å². The molecule has 3 amide bonds. The van der Waals surface area contributed by atoms with Gasteiger partial charge in [-0.15, -0.1) is 0 Å². The molecule has 1 heterocycles. The van der Waals surface area contributed by atoms with E-state index in [1.165, 1.54) is 6.92 Å². The largest absolute Gasteiger partial charge is 0.481 e. The van der Waals surface area contributed by atoms with E-state index in [-0.39, 0.29) is 6.42 Å². The van der Waals surface area contributed by atoms with Crippen molar-refractivity contribution in [3.05, 3.63) is 36.0 Å². The van der Waals surface area contributed by atoms with Gasteiger partial charge < -0.3 is 42.0 Å². The molecule has 0 radical (unpaired) electrons. The number of aliphatic hydroxyl groups is 1. The van der Waals surface area contributed by atoms with E-state index in [0.29, 0.717) is 5.56 Å². The number of para-hydroxylation sites is 1. The highest BCUT2D eigenvalue weighted by Crippen LogP contribution is 2.19. The number of benzene rings is 1. The Kier molecular flexibility index (Phi) is 10.1. The molecule has 0 aliphatic carbocycles. The first-order valence-electron chi connectivity index (χ1n) is 11.7. The van der Waals surface area contributed by atoms with Crippen LogP contribution in [0.4, 0.5) is 0 Å². The predicted molar refractivity (Wildman–Crippen MR) is 132 cm³/mol. The smallest absolute Gasteiger partial charge is 0.326 e. The van der Waals surface area contributed by atoms with Crippen LogP contribution < -0.4 is 21.7 Å². The van der Waals surface area contributed by atoms with Crippen LogP contribution in [0.1, 0.15) is 32.8 Å². The van der Waals surface area contributed by atoms with Crippen LogP contribution >= 0.6 is 0 Å². The van der Waals surface area contributed by atoms with E-state index in [9.17, 15) is 34.2 Å². The number of carbonyl (C=O) groups is 5. The van der Waals surface area contributed by atoms with Gasteiger partial charge in [0.05, 0.1) is 12.5 Å². The number of aliphatic carboxylic acids is 2. The number of nitrogens with one attached hydrogen (secondary N) is 4. The standard InChI is InChI=1S/C24H33N5O8/c1-11(2)20(29-21(33)16(9-18(31)32)27-22(34)19(25)12(3)30)23(35)28-17(24(36)37)8-13-10-26-15-7-5-4-6-14(13)15/h4-7,10-12,16-17,19-20,26,30H,8-9,25H2,1-3H3,(H,27,34)(H,28,35)(H,29,33)(H,31,32)(H,36,37). The molecule has 0 saturated heterocycles. The van der Waals surface area contributed by atoms with E-state index in [1.54, 1.807) is 26.1 Å². The van der Waals surface area contributed by atoms with Crippen molar-refractivity contribution in [2.24, 2.45) is 11.7 Å². The molecule has 13 heteroatoms. The van der Waals surface area contributed by atoms with Crippen LogP contribution in [0.2, 0.25) is 0 Å². The first kappa shape index (κ1) is 29.3. The van der Waals surface area contributed by atoms with E-state index >= 15 is 0 Å². The number of carbonyl (C=O) groups excluding carboxylic acids is 3. The number of carboxylic acids is 2. The molecule has 0 saturated carbocycles. The van der Waals surface area contributed by atoms with Crippen molar-refractivity contribution < 1.29 is 39.3 Å². The van der Waals surface area contributed by atoms with Gasteiger partial charge in [-0.1, -0.05) is 32.0 Å². The summed E-state index contributed by atoms with van der Waals surface area (Å²) in [5.74, 6) is -5.93. The summed E-state index contributed by atoms with van der Waals surface area (Å²) in [6, 6.07) is 1.72. The summed E-state index contributed by atoms with van der Waals surface area (Å²) < 4.78 is 0. The molecule has 2 aromatic rings. The Balaban J connectivity index is 2.17. The molecule has 1 aromatic heterocycles. The fourth-order valence-corrected chi connectivity index (χ4v) is 3.64. The molecule has 0 aliphatic rings. The number of amides is 3. The third-order valence-corrected chi connectivity index (χ3v) is 5.79. The van der Waals surface area contributed by atoms with E-state index in [4.69, 9.17) is 10.8 Å². The second kappa shape index (κ2) is 12.8. The van der Waals surface area contributed by atoms with Gasteiger partial charge in [0.25, 0.3) is 0 Å². The number of carboxylic acid groups (broad SMARTS) is 2. The number of fused-ring (bicyclic) bond motifs is 1. The Bertz CT molecular complexity index is 1150. The summed E-state index contributed by atoms with van der Waals surface area (Å²) in [5, 5.41) is 36.2. The molecule has 0 fully saturated rings. The van der Waals surface area contributed by atoms with Gasteiger partial charge in [0, 0.05) is 23.5 Å². The molecular formula is C24H33N5O8. The van der Waals surface area contributed by atoms with Crippen molar-refractivity contribution in [2.45, 2.75) is 63.9 Å². The molecule has 5 atom stereocenters. The lowest BCUT2D eigenvalue weighted by molar-refractivity contribution is -0.143. The first-order chi connectivity index (χ1) is 17.3. The normalized spacial score (nSPS) is 15.3. The number of aromatic amines is 1. The average Bonchev–Trinajstić information content (AvgIpc) is 3.22. The summed E-state index contributed by atoms with van der Waals surface area (Å²) in [5.41, 5.74) is 7.03. The molecule has 1 aromatic carbocycles. The second-order valence-electron chi connectivity index (χ2n) is 9.12. The monoisotopic (exact) mass is 519 g/mol. The van der Waals surface area contributed by atoms with E-state index in [0.717, 1.165) is 10.9 Å². The molecule has 0 spiro atoms. The van der Waals surface area contributed by atoms with Gasteiger partial charge in [0.15, 0.2) is 0 Å². The van der Waals surface area contributed by atoms with Gasteiger partial charge in [-0.05, 0) is 24.5 Å². The Morgan fingerprint density at radius 2 is 1.54 bits per heavy atom. The zero-order valence-corrected chi connectivity index (χ0v) is 20.7. The Labute approximate surface area is 212 Å².